The summed E-state index contributed by atoms with van der Waals surface area (Å²) < 4.78 is 22.7. The molecule has 1 rings (SSSR count). The third-order valence-corrected chi connectivity index (χ3v) is 3.84. The van der Waals surface area contributed by atoms with Crippen molar-refractivity contribution in [1.29, 1.82) is 0 Å². The molecule has 96 valence electrons. The van der Waals surface area contributed by atoms with Crippen molar-refractivity contribution in [2.24, 2.45) is 0 Å². The molecule has 0 saturated carbocycles. The van der Waals surface area contributed by atoms with Gasteiger partial charge in [-0.05, 0) is 20.8 Å². The van der Waals surface area contributed by atoms with Crippen LogP contribution < -0.4 is 0 Å². The molecule has 0 aliphatic heterocycles. The van der Waals surface area contributed by atoms with Crippen LogP contribution in [0.5, 0.6) is 0 Å². The first-order valence-electron chi connectivity index (χ1n) is 5.11. The third-order valence-electron chi connectivity index (χ3n) is 2.39. The maximum atomic E-state index is 12.0. The summed E-state index contributed by atoms with van der Waals surface area (Å²) in [5, 5.41) is 6.19. The number of aromatic amines is 1. The molecule has 0 aliphatic carbocycles. The summed E-state index contributed by atoms with van der Waals surface area (Å²) in [6.07, 6.45) is 0. The van der Waals surface area contributed by atoms with Crippen molar-refractivity contribution in [2.45, 2.75) is 25.7 Å². The average Bonchev–Trinajstić information content (AvgIpc) is 2.61. The van der Waals surface area contributed by atoms with Crippen molar-refractivity contribution < 1.29 is 13.2 Å². The molecule has 0 aromatic carbocycles. The lowest BCUT2D eigenvalue weighted by atomic mass is 10.3. The van der Waals surface area contributed by atoms with Crippen molar-refractivity contribution >= 4 is 25.6 Å². The van der Waals surface area contributed by atoms with Gasteiger partial charge in [0.2, 0.25) is 0 Å². The summed E-state index contributed by atoms with van der Waals surface area (Å²) in [5.41, 5.74) is 0.108. The standard InChI is InChI=1S/C9H14ClN3O3S/c1-4-13(5-2)9(14)7-8(17(10,15)16)6(3)11-12-7/h4-5H2,1-3H3,(H,11,12). The number of aryl methyl sites for hydroxylation is 1. The molecule has 0 spiro atoms. The van der Waals surface area contributed by atoms with E-state index in [1.165, 1.54) is 11.8 Å². The van der Waals surface area contributed by atoms with Gasteiger partial charge in [-0.1, -0.05) is 0 Å². The zero-order chi connectivity index (χ0) is 13.2. The Kier molecular flexibility index (Phi) is 4.16. The summed E-state index contributed by atoms with van der Waals surface area (Å²) in [6.45, 7) is 6.05. The molecule has 0 atom stereocenters. The van der Waals surface area contributed by atoms with E-state index in [-0.39, 0.29) is 16.3 Å². The van der Waals surface area contributed by atoms with Crippen molar-refractivity contribution in [3.63, 3.8) is 0 Å². The van der Waals surface area contributed by atoms with Crippen LogP contribution in [0.15, 0.2) is 4.90 Å². The van der Waals surface area contributed by atoms with E-state index in [1.54, 1.807) is 13.8 Å². The average molecular weight is 280 g/mol. The molecule has 6 nitrogen and oxygen atoms in total. The van der Waals surface area contributed by atoms with Crippen molar-refractivity contribution in [3.05, 3.63) is 11.4 Å². The fourth-order valence-corrected chi connectivity index (χ4v) is 2.86. The first kappa shape index (κ1) is 14.0. The Morgan fingerprint density at radius 2 is 1.94 bits per heavy atom. The Balaban J connectivity index is 3.30. The Morgan fingerprint density at radius 3 is 2.35 bits per heavy atom. The predicted molar refractivity (Wildman–Crippen MR) is 63.6 cm³/mol. The van der Waals surface area contributed by atoms with Gasteiger partial charge in [-0.3, -0.25) is 9.89 Å². The fraction of sp³-hybridized carbons (Fsp3) is 0.556. The van der Waals surface area contributed by atoms with E-state index in [1.807, 2.05) is 0 Å². The van der Waals surface area contributed by atoms with Gasteiger partial charge in [-0.15, -0.1) is 0 Å². The lowest BCUT2D eigenvalue weighted by Crippen LogP contribution is -2.31. The van der Waals surface area contributed by atoms with Crippen molar-refractivity contribution in [1.82, 2.24) is 15.1 Å². The Hall–Kier alpha value is -1.08. The van der Waals surface area contributed by atoms with E-state index in [0.29, 0.717) is 13.1 Å². The number of aromatic nitrogens is 2. The lowest BCUT2D eigenvalue weighted by Gasteiger charge is -2.17. The molecule has 8 heteroatoms. The highest BCUT2D eigenvalue weighted by Gasteiger charge is 2.28. The number of hydrogen-bond donors (Lipinski definition) is 1. The predicted octanol–water partition coefficient (Wildman–Crippen LogP) is 1.13. The van der Waals surface area contributed by atoms with E-state index < -0.39 is 15.0 Å². The summed E-state index contributed by atoms with van der Waals surface area (Å²) in [4.78, 5) is 13.2. The van der Waals surface area contributed by atoms with Crippen LogP contribution in [0.1, 0.15) is 30.0 Å². The molecule has 17 heavy (non-hydrogen) atoms. The van der Waals surface area contributed by atoms with Crippen molar-refractivity contribution in [2.75, 3.05) is 13.1 Å². The van der Waals surface area contributed by atoms with Crippen LogP contribution in [0, 0.1) is 6.92 Å². The van der Waals surface area contributed by atoms with E-state index in [4.69, 9.17) is 10.7 Å². The van der Waals surface area contributed by atoms with Crippen LogP contribution >= 0.6 is 10.7 Å². The van der Waals surface area contributed by atoms with Gasteiger partial charge in [-0.2, -0.15) is 5.10 Å². The number of H-pyrrole nitrogens is 1. The number of nitrogens with one attached hydrogen (secondary N) is 1. The van der Waals surface area contributed by atoms with Gasteiger partial charge in [0.15, 0.2) is 5.69 Å². The van der Waals surface area contributed by atoms with Crippen LogP contribution in [-0.2, 0) is 9.05 Å². The maximum absolute atomic E-state index is 12.0. The molecule has 0 aliphatic rings. The molecule has 1 aromatic heterocycles. The number of carbonyl (C=O) groups is 1. The van der Waals surface area contributed by atoms with Crippen molar-refractivity contribution in [3.8, 4) is 0 Å². The first-order chi connectivity index (χ1) is 7.82. The second-order valence-corrected chi connectivity index (χ2v) is 5.94. The van der Waals surface area contributed by atoms with Crippen LogP contribution in [-0.4, -0.2) is 42.5 Å². The number of amides is 1. The molecule has 0 bridgehead atoms. The number of halogens is 1. The molecule has 1 N–H and O–H groups in total. The first-order valence-corrected chi connectivity index (χ1v) is 7.42. The number of carbonyl (C=O) groups excluding carboxylic acids is 1. The zero-order valence-electron chi connectivity index (χ0n) is 9.82. The minimum absolute atomic E-state index is 0.152. The molecule has 0 fully saturated rings. The normalized spacial score (nSPS) is 11.5. The van der Waals surface area contributed by atoms with E-state index in [0.717, 1.165) is 0 Å². The summed E-state index contributed by atoms with van der Waals surface area (Å²) in [6, 6.07) is 0. The molecule has 0 saturated heterocycles. The second-order valence-electron chi connectivity index (χ2n) is 3.44. The Labute approximate surface area is 104 Å². The van der Waals surface area contributed by atoms with Gasteiger partial charge >= 0.3 is 0 Å². The summed E-state index contributed by atoms with van der Waals surface area (Å²) in [7, 11) is 1.30. The van der Waals surface area contributed by atoms with Gasteiger partial charge < -0.3 is 4.90 Å². The summed E-state index contributed by atoms with van der Waals surface area (Å²) in [5.74, 6) is -0.446. The highest BCUT2D eigenvalue weighted by Crippen LogP contribution is 2.22. The van der Waals surface area contributed by atoms with Crippen LogP contribution in [0.3, 0.4) is 0 Å². The molecule has 1 heterocycles. The monoisotopic (exact) mass is 279 g/mol. The Bertz CT molecular complexity index is 520. The van der Waals surface area contributed by atoms with Crippen LogP contribution in [0.2, 0.25) is 0 Å². The fourth-order valence-electron chi connectivity index (χ4n) is 1.52. The summed E-state index contributed by atoms with van der Waals surface area (Å²) >= 11 is 0. The highest BCUT2D eigenvalue weighted by molar-refractivity contribution is 8.13. The number of rotatable bonds is 4. The SMILES string of the molecule is CCN(CC)C(=O)c1n[nH]c(C)c1S(=O)(=O)Cl. The minimum Gasteiger partial charge on any atom is -0.338 e. The van der Waals surface area contributed by atoms with E-state index >= 15 is 0 Å². The Morgan fingerprint density at radius 1 is 1.41 bits per heavy atom. The van der Waals surface area contributed by atoms with Gasteiger partial charge in [0.1, 0.15) is 4.90 Å². The lowest BCUT2D eigenvalue weighted by molar-refractivity contribution is 0.0763. The van der Waals surface area contributed by atoms with E-state index in [9.17, 15) is 13.2 Å². The molecule has 1 amide bonds. The van der Waals surface area contributed by atoms with Gasteiger partial charge in [-0.25, -0.2) is 8.42 Å². The van der Waals surface area contributed by atoms with Crippen LogP contribution in [0.4, 0.5) is 0 Å². The number of nitrogens with zero attached hydrogens (tertiary/aromatic N) is 2. The van der Waals surface area contributed by atoms with Gasteiger partial charge in [0, 0.05) is 23.8 Å². The second kappa shape index (κ2) is 5.05. The van der Waals surface area contributed by atoms with Gasteiger partial charge in [0.05, 0.1) is 5.69 Å². The molecule has 0 radical (unpaired) electrons. The zero-order valence-corrected chi connectivity index (χ0v) is 11.4. The molecular weight excluding hydrogens is 266 g/mol. The molecule has 1 aromatic rings. The topological polar surface area (TPSA) is 83.1 Å². The largest absolute Gasteiger partial charge is 0.338 e. The van der Waals surface area contributed by atoms with Gasteiger partial charge in [0.25, 0.3) is 15.0 Å². The smallest absolute Gasteiger partial charge is 0.275 e. The quantitative estimate of drug-likeness (QED) is 0.838. The molecular formula is C9H14ClN3O3S. The number of hydrogen-bond acceptors (Lipinski definition) is 4. The molecule has 0 unspecified atom stereocenters. The highest BCUT2D eigenvalue weighted by atomic mass is 35.7. The maximum Gasteiger partial charge on any atom is 0.275 e. The third kappa shape index (κ3) is 2.78. The van der Waals surface area contributed by atoms with Crippen LogP contribution in [0.25, 0.3) is 0 Å². The minimum atomic E-state index is -3.98. The van der Waals surface area contributed by atoms with E-state index in [2.05, 4.69) is 10.2 Å².